The lowest BCUT2D eigenvalue weighted by molar-refractivity contribution is 0.222. The topological polar surface area (TPSA) is 21.1 Å². The van der Waals surface area contributed by atoms with Gasteiger partial charge < -0.3 is 9.47 Å². The molecule has 0 bridgehead atoms. The van der Waals surface area contributed by atoms with E-state index in [-0.39, 0.29) is 5.82 Å². The molecule has 1 saturated heterocycles. The van der Waals surface area contributed by atoms with Gasteiger partial charge in [0.15, 0.2) is 0 Å². The van der Waals surface area contributed by atoms with Crippen LogP contribution in [0.2, 0.25) is 0 Å². The van der Waals surface area contributed by atoms with Crippen molar-refractivity contribution < 1.29 is 4.39 Å². The van der Waals surface area contributed by atoms with Crippen LogP contribution in [0.5, 0.6) is 0 Å². The van der Waals surface area contributed by atoms with Crippen molar-refractivity contribution in [1.29, 1.82) is 0 Å². The minimum absolute atomic E-state index is 0.187. The van der Waals surface area contributed by atoms with Crippen LogP contribution in [0.3, 0.4) is 0 Å². The van der Waals surface area contributed by atoms with Crippen LogP contribution in [-0.4, -0.2) is 34.6 Å². The highest BCUT2D eigenvalue weighted by molar-refractivity contribution is 14.1. The highest BCUT2D eigenvalue weighted by atomic mass is 127. The van der Waals surface area contributed by atoms with Gasteiger partial charge in [0.2, 0.25) is 0 Å². The maximum atomic E-state index is 13.9. The number of aromatic nitrogens is 2. The average molecular weight is 408 g/mol. The molecule has 1 aliphatic rings. The van der Waals surface area contributed by atoms with E-state index in [0.717, 1.165) is 42.8 Å². The molecule has 1 aromatic heterocycles. The molecule has 1 fully saturated rings. The molecule has 2 heterocycles. The van der Waals surface area contributed by atoms with E-state index in [9.17, 15) is 4.39 Å². The van der Waals surface area contributed by atoms with E-state index in [4.69, 9.17) is 11.6 Å². The lowest BCUT2D eigenvalue weighted by atomic mass is 10.0. The Morgan fingerprint density at radius 1 is 1.40 bits per heavy atom. The lowest BCUT2D eigenvalue weighted by Crippen LogP contribution is -2.32. The van der Waals surface area contributed by atoms with Crippen molar-refractivity contribution >= 4 is 45.2 Å². The summed E-state index contributed by atoms with van der Waals surface area (Å²) in [6, 6.07) is 3.76. The third-order valence-electron chi connectivity index (χ3n) is 3.98. The second-order valence-electron chi connectivity index (χ2n) is 5.32. The zero-order valence-corrected chi connectivity index (χ0v) is 14.2. The van der Waals surface area contributed by atoms with Crippen LogP contribution in [0.1, 0.15) is 24.7 Å². The number of alkyl halides is 1. The molecule has 108 valence electrons. The van der Waals surface area contributed by atoms with E-state index in [0.29, 0.717) is 15.5 Å². The SMILES string of the molecule is CN1CCC(n2c(CCl)nc3cc(I)c(F)cc32)CC1. The Hall–Kier alpha value is -0.400. The zero-order valence-electron chi connectivity index (χ0n) is 11.2. The van der Waals surface area contributed by atoms with Crippen molar-refractivity contribution in [1.82, 2.24) is 14.5 Å². The Morgan fingerprint density at radius 3 is 2.75 bits per heavy atom. The summed E-state index contributed by atoms with van der Waals surface area (Å²) >= 11 is 8.04. The van der Waals surface area contributed by atoms with Gasteiger partial charge in [-0.25, -0.2) is 9.37 Å². The number of fused-ring (bicyclic) bond motifs is 1. The van der Waals surface area contributed by atoms with E-state index in [2.05, 4.69) is 21.5 Å². The summed E-state index contributed by atoms with van der Waals surface area (Å²) in [4.78, 5) is 6.89. The quantitative estimate of drug-likeness (QED) is 0.558. The van der Waals surface area contributed by atoms with Crippen LogP contribution in [0, 0.1) is 9.39 Å². The van der Waals surface area contributed by atoms with Crippen molar-refractivity contribution in [3.8, 4) is 0 Å². The smallest absolute Gasteiger partial charge is 0.138 e. The van der Waals surface area contributed by atoms with E-state index < -0.39 is 0 Å². The average Bonchev–Trinajstić information content (AvgIpc) is 2.78. The molecule has 0 aliphatic carbocycles. The summed E-state index contributed by atoms with van der Waals surface area (Å²) in [5, 5.41) is 0. The number of hydrogen-bond donors (Lipinski definition) is 0. The highest BCUT2D eigenvalue weighted by Gasteiger charge is 2.23. The molecule has 1 aliphatic heterocycles. The molecule has 3 nitrogen and oxygen atoms in total. The van der Waals surface area contributed by atoms with Gasteiger partial charge in [-0.2, -0.15) is 0 Å². The summed E-state index contributed by atoms with van der Waals surface area (Å²) in [5.74, 6) is 1.02. The molecular formula is C14H16ClFIN3. The molecule has 0 unspecified atom stereocenters. The van der Waals surface area contributed by atoms with Gasteiger partial charge in [0, 0.05) is 12.1 Å². The summed E-state index contributed by atoms with van der Waals surface area (Å²) in [7, 11) is 2.13. The van der Waals surface area contributed by atoms with Gasteiger partial charge in [-0.1, -0.05) is 0 Å². The first-order valence-corrected chi connectivity index (χ1v) is 8.32. The van der Waals surface area contributed by atoms with E-state index >= 15 is 0 Å². The Balaban J connectivity index is 2.10. The summed E-state index contributed by atoms with van der Waals surface area (Å²) in [5.41, 5.74) is 1.71. The monoisotopic (exact) mass is 407 g/mol. The Morgan fingerprint density at radius 2 is 2.10 bits per heavy atom. The van der Waals surface area contributed by atoms with E-state index in [1.54, 1.807) is 12.1 Å². The van der Waals surface area contributed by atoms with Crippen LogP contribution in [0.4, 0.5) is 4.39 Å². The fraction of sp³-hybridized carbons (Fsp3) is 0.500. The fourth-order valence-corrected chi connectivity index (χ4v) is 3.53. The third-order valence-corrected chi connectivity index (χ3v) is 5.04. The van der Waals surface area contributed by atoms with E-state index in [1.807, 2.05) is 22.6 Å². The first-order valence-electron chi connectivity index (χ1n) is 6.70. The van der Waals surface area contributed by atoms with Gasteiger partial charge in [0.25, 0.3) is 0 Å². The molecule has 0 saturated carbocycles. The maximum absolute atomic E-state index is 13.9. The Bertz CT molecular complexity index is 635. The second-order valence-corrected chi connectivity index (χ2v) is 6.75. The predicted molar refractivity (Wildman–Crippen MR) is 87.7 cm³/mol. The molecule has 0 amide bonds. The van der Waals surface area contributed by atoms with Crippen molar-refractivity contribution in [2.24, 2.45) is 0 Å². The largest absolute Gasteiger partial charge is 0.324 e. The van der Waals surface area contributed by atoms with Crippen LogP contribution in [0.15, 0.2) is 12.1 Å². The van der Waals surface area contributed by atoms with Gasteiger partial charge in [-0.3, -0.25) is 0 Å². The first kappa shape index (κ1) is 14.5. The number of halogens is 3. The Labute approximate surface area is 136 Å². The molecule has 1 aromatic carbocycles. The maximum Gasteiger partial charge on any atom is 0.138 e. The Kier molecular flexibility index (Phi) is 4.19. The molecule has 20 heavy (non-hydrogen) atoms. The molecule has 0 spiro atoms. The van der Waals surface area contributed by atoms with Gasteiger partial charge in [-0.05, 0) is 61.6 Å². The normalized spacial score (nSPS) is 18.0. The summed E-state index contributed by atoms with van der Waals surface area (Å²) < 4.78 is 16.6. The number of rotatable bonds is 2. The number of likely N-dealkylation sites (tertiary alicyclic amines) is 1. The molecule has 0 N–H and O–H groups in total. The molecular weight excluding hydrogens is 392 g/mol. The molecule has 6 heteroatoms. The molecule has 0 radical (unpaired) electrons. The van der Waals surface area contributed by atoms with E-state index in [1.165, 1.54) is 0 Å². The lowest BCUT2D eigenvalue weighted by Gasteiger charge is -2.31. The number of hydrogen-bond acceptors (Lipinski definition) is 2. The van der Waals surface area contributed by atoms with Crippen LogP contribution >= 0.6 is 34.2 Å². The van der Waals surface area contributed by atoms with Crippen molar-refractivity contribution in [2.75, 3.05) is 20.1 Å². The van der Waals surface area contributed by atoms with Crippen LogP contribution < -0.4 is 0 Å². The van der Waals surface area contributed by atoms with Crippen molar-refractivity contribution in [2.45, 2.75) is 24.8 Å². The number of nitrogens with zero attached hydrogens (tertiary/aromatic N) is 3. The van der Waals surface area contributed by atoms with Gasteiger partial charge in [-0.15, -0.1) is 11.6 Å². The van der Waals surface area contributed by atoms with Crippen molar-refractivity contribution in [3.05, 3.63) is 27.3 Å². The minimum atomic E-state index is -0.187. The van der Waals surface area contributed by atoms with Crippen LogP contribution in [0.25, 0.3) is 11.0 Å². The predicted octanol–water partition coefficient (Wildman–Crippen LogP) is 3.79. The summed E-state index contributed by atoms with van der Waals surface area (Å²) in [6.45, 7) is 2.11. The standard InChI is InChI=1S/C14H16ClFIN3/c1-19-4-2-9(3-5-19)20-13-6-10(16)11(17)7-12(13)18-14(20)8-15/h6-7,9H,2-5,8H2,1H3. The first-order chi connectivity index (χ1) is 9.60. The number of imidazole rings is 1. The van der Waals surface area contributed by atoms with Gasteiger partial charge in [0.05, 0.1) is 20.5 Å². The van der Waals surface area contributed by atoms with Crippen molar-refractivity contribution in [3.63, 3.8) is 0 Å². The van der Waals surface area contributed by atoms with Gasteiger partial charge >= 0.3 is 0 Å². The third kappa shape index (κ3) is 2.55. The fourth-order valence-electron chi connectivity index (χ4n) is 2.90. The highest BCUT2D eigenvalue weighted by Crippen LogP contribution is 2.30. The number of benzene rings is 1. The summed E-state index contributed by atoms with van der Waals surface area (Å²) in [6.07, 6.45) is 2.11. The molecule has 2 aromatic rings. The van der Waals surface area contributed by atoms with Crippen LogP contribution in [-0.2, 0) is 5.88 Å². The second kappa shape index (κ2) is 5.77. The molecule has 0 atom stereocenters. The molecule has 3 rings (SSSR count). The minimum Gasteiger partial charge on any atom is -0.324 e. The number of piperidine rings is 1. The van der Waals surface area contributed by atoms with Gasteiger partial charge in [0.1, 0.15) is 11.6 Å². The zero-order chi connectivity index (χ0) is 14.3.